The highest BCUT2D eigenvalue weighted by atomic mass is 16.5. The maximum absolute atomic E-state index is 13.7. The summed E-state index contributed by atoms with van der Waals surface area (Å²) in [6.07, 6.45) is 10.5. The third-order valence-corrected chi connectivity index (χ3v) is 13.0. The molecule has 3 N–H and O–H groups in total. The highest BCUT2D eigenvalue weighted by molar-refractivity contribution is 5.94. The average molecular weight is 559 g/mol. The van der Waals surface area contributed by atoms with E-state index in [2.05, 4.69) is 60.7 Å². The van der Waals surface area contributed by atoms with Crippen LogP contribution in [0.4, 0.5) is 4.79 Å². The SMILES string of the molecule is CC(=O)O[C@H]1CC[C@@H](C)C(CC[C@]2(C)[C@@H](C)C(=O)C=C3[C@@H]4C[C@@](C)(NC(=O)NO)CC[C@]4(C)CC[C@]32C)C1(C)C. The molecule has 0 aromatic rings. The predicted octanol–water partition coefficient (Wildman–Crippen LogP) is 6.98. The third kappa shape index (κ3) is 5.03. The van der Waals surface area contributed by atoms with Crippen LogP contribution in [0.1, 0.15) is 120 Å². The maximum Gasteiger partial charge on any atom is 0.338 e. The lowest BCUT2D eigenvalue weighted by molar-refractivity contribution is -0.162. The maximum atomic E-state index is 13.7. The van der Waals surface area contributed by atoms with Crippen LogP contribution in [0.5, 0.6) is 0 Å². The number of carbonyl (C=O) groups excluding carboxylic acids is 3. The highest BCUT2D eigenvalue weighted by Crippen LogP contribution is 2.68. The lowest BCUT2D eigenvalue weighted by Crippen LogP contribution is -2.60. The summed E-state index contributed by atoms with van der Waals surface area (Å²) in [6, 6.07) is -0.576. The van der Waals surface area contributed by atoms with E-state index in [1.807, 2.05) is 6.08 Å². The number of allylic oxidation sites excluding steroid dienone is 2. The summed E-state index contributed by atoms with van der Waals surface area (Å²) in [6.45, 7) is 19.7. The predicted molar refractivity (Wildman–Crippen MR) is 155 cm³/mol. The number of carbonyl (C=O) groups is 3. The van der Waals surface area contributed by atoms with Gasteiger partial charge in [-0.3, -0.25) is 14.8 Å². The van der Waals surface area contributed by atoms with Gasteiger partial charge in [-0.05, 0) is 105 Å². The second-order valence-corrected chi connectivity index (χ2v) is 15.6. The minimum Gasteiger partial charge on any atom is -0.462 e. The van der Waals surface area contributed by atoms with Gasteiger partial charge in [0.15, 0.2) is 5.78 Å². The van der Waals surface area contributed by atoms with Gasteiger partial charge in [0.05, 0.1) is 0 Å². The van der Waals surface area contributed by atoms with Gasteiger partial charge in [0, 0.05) is 23.8 Å². The van der Waals surface area contributed by atoms with E-state index in [1.165, 1.54) is 12.5 Å². The molecule has 7 heteroatoms. The minimum absolute atomic E-state index is 0.0746. The zero-order chi connectivity index (χ0) is 29.9. The van der Waals surface area contributed by atoms with Crippen LogP contribution in [0.25, 0.3) is 0 Å². The molecule has 7 nitrogen and oxygen atoms in total. The van der Waals surface area contributed by atoms with Crippen molar-refractivity contribution in [1.29, 1.82) is 0 Å². The van der Waals surface area contributed by atoms with Crippen molar-refractivity contribution in [2.75, 3.05) is 0 Å². The first-order valence-electron chi connectivity index (χ1n) is 15.6. The van der Waals surface area contributed by atoms with E-state index in [0.717, 1.165) is 57.8 Å². The van der Waals surface area contributed by atoms with E-state index < -0.39 is 11.6 Å². The summed E-state index contributed by atoms with van der Waals surface area (Å²) in [5.41, 5.74) is 2.18. The summed E-state index contributed by atoms with van der Waals surface area (Å²) in [7, 11) is 0. The van der Waals surface area contributed by atoms with Crippen LogP contribution < -0.4 is 10.8 Å². The Morgan fingerprint density at radius 3 is 2.30 bits per heavy atom. The Hall–Kier alpha value is -1.89. The van der Waals surface area contributed by atoms with Crippen molar-refractivity contribution in [3.63, 3.8) is 0 Å². The molecular formula is C33H54N2O5. The lowest BCUT2D eigenvalue weighted by Gasteiger charge is -2.64. The minimum atomic E-state index is -0.576. The van der Waals surface area contributed by atoms with Crippen molar-refractivity contribution in [3.8, 4) is 0 Å². The number of ketones is 1. The first kappa shape index (κ1) is 31.1. The van der Waals surface area contributed by atoms with Gasteiger partial charge in [0.25, 0.3) is 0 Å². The molecule has 1 unspecified atom stereocenters. The van der Waals surface area contributed by atoms with E-state index in [0.29, 0.717) is 11.8 Å². The van der Waals surface area contributed by atoms with E-state index in [4.69, 9.17) is 9.94 Å². The monoisotopic (exact) mass is 558 g/mol. The lowest BCUT2D eigenvalue weighted by atomic mass is 9.40. The van der Waals surface area contributed by atoms with Crippen molar-refractivity contribution in [1.82, 2.24) is 10.8 Å². The van der Waals surface area contributed by atoms with Crippen LogP contribution in [0.15, 0.2) is 11.6 Å². The molecule has 0 heterocycles. The number of nitrogens with one attached hydrogen (secondary N) is 2. The number of urea groups is 1. The first-order valence-corrected chi connectivity index (χ1v) is 15.6. The number of hydrogen-bond acceptors (Lipinski definition) is 5. The van der Waals surface area contributed by atoms with Gasteiger partial charge in [-0.15, -0.1) is 0 Å². The van der Waals surface area contributed by atoms with E-state index in [9.17, 15) is 14.4 Å². The second-order valence-electron chi connectivity index (χ2n) is 15.6. The van der Waals surface area contributed by atoms with Gasteiger partial charge in [-0.25, -0.2) is 10.3 Å². The van der Waals surface area contributed by atoms with Crippen molar-refractivity contribution < 1.29 is 24.3 Å². The number of hydrogen-bond donors (Lipinski definition) is 3. The standard InChI is InChI=1S/C33H54N2O5/c1-20-10-11-27(40-22(3)36)29(4,5)23(20)12-13-32(8)21(2)26(37)18-24-25-19-31(7,34-28(38)35-39)16-14-30(25,6)15-17-33(24,32)9/h18,20-21,23,25,27,39H,10-17,19H2,1-9H3,(H2,34,35,38)/t20-,21+,23?,25+,27+,30-,31+,32-,33-/m1/s1. The smallest absolute Gasteiger partial charge is 0.338 e. The molecule has 9 atom stereocenters. The largest absolute Gasteiger partial charge is 0.462 e. The summed E-state index contributed by atoms with van der Waals surface area (Å²) >= 11 is 0. The molecule has 0 aliphatic heterocycles. The van der Waals surface area contributed by atoms with Gasteiger partial charge in [-0.2, -0.15) is 0 Å². The number of rotatable bonds is 5. The van der Waals surface area contributed by atoms with E-state index in [1.54, 1.807) is 5.48 Å². The second kappa shape index (κ2) is 10.4. The third-order valence-electron chi connectivity index (χ3n) is 13.0. The molecular weight excluding hydrogens is 504 g/mol. The Morgan fingerprint density at radius 1 is 1.02 bits per heavy atom. The Morgan fingerprint density at radius 2 is 1.68 bits per heavy atom. The Bertz CT molecular complexity index is 1070. The fourth-order valence-corrected chi connectivity index (χ4v) is 9.72. The Labute approximate surface area is 241 Å². The van der Waals surface area contributed by atoms with Crippen LogP contribution in [0.3, 0.4) is 0 Å². The quantitative estimate of drug-likeness (QED) is 0.192. The molecule has 3 fully saturated rings. The van der Waals surface area contributed by atoms with Crippen molar-refractivity contribution >= 4 is 17.8 Å². The van der Waals surface area contributed by atoms with Crippen LogP contribution in [-0.4, -0.2) is 34.6 Å². The van der Waals surface area contributed by atoms with Crippen LogP contribution in [0.2, 0.25) is 0 Å². The first-order chi connectivity index (χ1) is 18.4. The molecule has 4 aliphatic carbocycles. The summed E-state index contributed by atoms with van der Waals surface area (Å²) in [5.74, 6) is 1.06. The van der Waals surface area contributed by atoms with Gasteiger partial charge >= 0.3 is 12.0 Å². The topological polar surface area (TPSA) is 105 Å². The van der Waals surface area contributed by atoms with Crippen molar-refractivity contribution in [2.24, 2.45) is 45.3 Å². The summed E-state index contributed by atoms with van der Waals surface area (Å²) in [5, 5.41) is 12.2. The van der Waals surface area contributed by atoms with Crippen LogP contribution in [0, 0.1) is 45.3 Å². The summed E-state index contributed by atoms with van der Waals surface area (Å²) < 4.78 is 5.82. The molecule has 0 aromatic carbocycles. The number of hydroxylamine groups is 1. The molecule has 0 aromatic heterocycles. The van der Waals surface area contributed by atoms with E-state index >= 15 is 0 Å². The van der Waals surface area contributed by atoms with Crippen LogP contribution in [-0.2, 0) is 14.3 Å². The molecule has 0 saturated heterocycles. The number of esters is 1. The molecule has 3 saturated carbocycles. The average Bonchev–Trinajstić information content (AvgIpc) is 2.87. The fourth-order valence-electron chi connectivity index (χ4n) is 9.72. The molecule has 0 spiro atoms. The van der Waals surface area contributed by atoms with Gasteiger partial charge < -0.3 is 10.1 Å². The molecule has 0 bridgehead atoms. The molecule has 0 radical (unpaired) electrons. The van der Waals surface area contributed by atoms with Crippen molar-refractivity contribution in [2.45, 2.75) is 132 Å². The molecule has 4 aliphatic rings. The van der Waals surface area contributed by atoms with Crippen LogP contribution >= 0.6 is 0 Å². The highest BCUT2D eigenvalue weighted by Gasteiger charge is 2.62. The van der Waals surface area contributed by atoms with Gasteiger partial charge in [-0.1, -0.05) is 54.0 Å². The number of amides is 2. The zero-order valence-corrected chi connectivity index (χ0v) is 26.4. The number of fused-ring (bicyclic) bond motifs is 3. The molecule has 226 valence electrons. The van der Waals surface area contributed by atoms with E-state index in [-0.39, 0.29) is 51.4 Å². The zero-order valence-electron chi connectivity index (χ0n) is 26.4. The molecule has 4 rings (SSSR count). The van der Waals surface area contributed by atoms with Gasteiger partial charge in [0.1, 0.15) is 6.10 Å². The number of ether oxygens (including phenoxy) is 1. The molecule has 2 amide bonds. The summed E-state index contributed by atoms with van der Waals surface area (Å²) in [4.78, 5) is 37.7. The van der Waals surface area contributed by atoms with Gasteiger partial charge in [0.2, 0.25) is 0 Å². The Kier molecular flexibility index (Phi) is 8.10. The molecule has 40 heavy (non-hydrogen) atoms. The Balaban J connectivity index is 1.65. The normalized spacial score (nSPS) is 44.5. The fraction of sp³-hybridized carbons (Fsp3) is 0.848. The van der Waals surface area contributed by atoms with Crippen molar-refractivity contribution in [3.05, 3.63) is 11.6 Å².